The van der Waals surface area contributed by atoms with E-state index in [9.17, 15) is 0 Å². The van der Waals surface area contributed by atoms with E-state index >= 15 is 0 Å². The van der Waals surface area contributed by atoms with Crippen molar-refractivity contribution in [3.05, 3.63) is 38.3 Å². The van der Waals surface area contributed by atoms with E-state index in [0.717, 1.165) is 23.3 Å². The zero-order valence-corrected chi connectivity index (χ0v) is 14.9. The van der Waals surface area contributed by atoms with E-state index < -0.39 is 0 Å². The molecule has 2 heterocycles. The Labute approximate surface area is 133 Å². The van der Waals surface area contributed by atoms with Gasteiger partial charge < -0.3 is 5.32 Å². The lowest BCUT2D eigenvalue weighted by molar-refractivity contribution is 0.407. The second kappa shape index (κ2) is 6.87. The second-order valence-electron chi connectivity index (χ2n) is 5.28. The zero-order valence-electron chi connectivity index (χ0n) is 12.5. The van der Waals surface area contributed by atoms with Gasteiger partial charge in [-0.1, -0.05) is 19.9 Å². The van der Waals surface area contributed by atoms with Crippen LogP contribution in [0.5, 0.6) is 0 Å². The van der Waals surface area contributed by atoms with Crippen molar-refractivity contribution in [2.24, 2.45) is 5.92 Å². The molecule has 0 saturated heterocycles. The van der Waals surface area contributed by atoms with Gasteiger partial charge in [-0.15, -0.1) is 11.3 Å². The van der Waals surface area contributed by atoms with E-state index in [-0.39, 0.29) is 0 Å². The maximum atomic E-state index is 4.55. The summed E-state index contributed by atoms with van der Waals surface area (Å²) in [6.07, 6.45) is 0. The van der Waals surface area contributed by atoms with Crippen molar-refractivity contribution in [3.8, 4) is 0 Å². The quantitative estimate of drug-likeness (QED) is 0.825. The van der Waals surface area contributed by atoms with Gasteiger partial charge in [0.15, 0.2) is 0 Å². The molecule has 0 amide bonds. The Hall–Kier alpha value is -0.650. The van der Waals surface area contributed by atoms with E-state index in [1.54, 1.807) is 0 Å². The van der Waals surface area contributed by atoms with Gasteiger partial charge in [0.2, 0.25) is 0 Å². The fourth-order valence-electron chi connectivity index (χ4n) is 2.38. The number of aryl methyl sites for hydroxylation is 2. The molecule has 5 heteroatoms. The van der Waals surface area contributed by atoms with E-state index in [0.29, 0.717) is 12.0 Å². The van der Waals surface area contributed by atoms with Crippen LogP contribution in [0.15, 0.2) is 22.0 Å². The molecule has 2 rings (SSSR count). The molecule has 0 radical (unpaired) electrons. The Kier molecular flexibility index (Phi) is 5.41. The predicted octanol–water partition coefficient (Wildman–Crippen LogP) is 4.52. The Morgan fingerprint density at radius 3 is 2.75 bits per heavy atom. The van der Waals surface area contributed by atoms with Gasteiger partial charge in [-0.25, -0.2) is 0 Å². The Morgan fingerprint density at radius 1 is 1.45 bits per heavy atom. The molecule has 20 heavy (non-hydrogen) atoms. The van der Waals surface area contributed by atoms with Crippen molar-refractivity contribution in [3.63, 3.8) is 0 Å². The van der Waals surface area contributed by atoms with Crippen molar-refractivity contribution >= 4 is 27.3 Å². The third kappa shape index (κ3) is 3.32. The largest absolute Gasteiger partial charge is 0.303 e. The number of aromatic nitrogens is 2. The molecule has 0 aliphatic heterocycles. The van der Waals surface area contributed by atoms with Gasteiger partial charge in [-0.2, -0.15) is 5.10 Å². The van der Waals surface area contributed by atoms with Gasteiger partial charge in [0.1, 0.15) is 0 Å². The van der Waals surface area contributed by atoms with Crippen LogP contribution in [-0.2, 0) is 13.1 Å². The van der Waals surface area contributed by atoms with Crippen LogP contribution in [0.1, 0.15) is 43.1 Å². The Bertz CT molecular complexity index is 546. The van der Waals surface area contributed by atoms with Gasteiger partial charge >= 0.3 is 0 Å². The Morgan fingerprint density at radius 2 is 2.20 bits per heavy atom. The van der Waals surface area contributed by atoms with E-state index in [1.165, 1.54) is 10.6 Å². The number of hydrogen-bond acceptors (Lipinski definition) is 3. The average Bonchev–Trinajstić information content (AvgIpc) is 3.01. The van der Waals surface area contributed by atoms with Gasteiger partial charge in [-0.3, -0.25) is 4.68 Å². The van der Waals surface area contributed by atoms with Gasteiger partial charge in [0.05, 0.1) is 15.9 Å². The van der Waals surface area contributed by atoms with Crippen LogP contribution in [0, 0.1) is 12.8 Å². The van der Waals surface area contributed by atoms with Crippen molar-refractivity contribution in [2.75, 3.05) is 0 Å². The van der Waals surface area contributed by atoms with Gasteiger partial charge in [-0.05, 0) is 47.1 Å². The molecule has 1 unspecified atom stereocenters. The minimum absolute atomic E-state index is 0.391. The highest BCUT2D eigenvalue weighted by atomic mass is 79.9. The first-order valence-electron chi connectivity index (χ1n) is 7.03. The zero-order chi connectivity index (χ0) is 14.7. The molecule has 0 spiro atoms. The third-order valence-corrected chi connectivity index (χ3v) is 5.45. The highest BCUT2D eigenvalue weighted by molar-refractivity contribution is 9.10. The molecule has 0 fully saturated rings. The lowest BCUT2D eigenvalue weighted by Gasteiger charge is -2.21. The topological polar surface area (TPSA) is 29.9 Å². The summed E-state index contributed by atoms with van der Waals surface area (Å²) in [4.78, 5) is 1.40. The summed E-state index contributed by atoms with van der Waals surface area (Å²) < 4.78 is 3.19. The smallest absolute Gasteiger partial charge is 0.0739 e. The van der Waals surface area contributed by atoms with Crippen LogP contribution in [0.4, 0.5) is 0 Å². The average molecular weight is 356 g/mol. The molecule has 2 aromatic rings. The first-order chi connectivity index (χ1) is 9.54. The summed E-state index contributed by atoms with van der Waals surface area (Å²) in [5, 5.41) is 10.4. The number of halogens is 1. The number of thiophene rings is 1. The third-order valence-electron chi connectivity index (χ3n) is 3.46. The summed E-state index contributed by atoms with van der Waals surface area (Å²) >= 11 is 5.47. The highest BCUT2D eigenvalue weighted by Gasteiger charge is 2.18. The normalized spacial score (nSPS) is 13.1. The number of rotatable bonds is 6. The summed E-state index contributed by atoms with van der Waals surface area (Å²) in [7, 11) is 0. The molecule has 2 aromatic heterocycles. The maximum absolute atomic E-state index is 4.55. The summed E-state index contributed by atoms with van der Waals surface area (Å²) in [6, 6.07) is 4.72. The van der Waals surface area contributed by atoms with Crippen LogP contribution < -0.4 is 5.32 Å². The molecule has 3 nitrogen and oxygen atoms in total. The first kappa shape index (κ1) is 15.7. The summed E-state index contributed by atoms with van der Waals surface area (Å²) in [6.45, 7) is 10.4. The van der Waals surface area contributed by atoms with Crippen LogP contribution in [-0.4, -0.2) is 9.78 Å². The van der Waals surface area contributed by atoms with Gasteiger partial charge in [0.25, 0.3) is 0 Å². The highest BCUT2D eigenvalue weighted by Crippen LogP contribution is 2.27. The van der Waals surface area contributed by atoms with Crippen molar-refractivity contribution in [2.45, 2.75) is 46.8 Å². The molecule has 0 saturated carbocycles. The molecule has 1 N–H and O–H groups in total. The Balaban J connectivity index is 2.14. The molecular formula is C15H22BrN3S. The minimum Gasteiger partial charge on any atom is -0.303 e. The molecular weight excluding hydrogens is 334 g/mol. The fourth-order valence-corrected chi connectivity index (χ4v) is 3.78. The molecule has 0 aliphatic rings. The predicted molar refractivity (Wildman–Crippen MR) is 89.1 cm³/mol. The summed E-state index contributed by atoms with van der Waals surface area (Å²) in [5.41, 5.74) is 2.29. The molecule has 0 bridgehead atoms. The molecule has 0 aromatic carbocycles. The van der Waals surface area contributed by atoms with Crippen LogP contribution in [0.3, 0.4) is 0 Å². The molecule has 110 valence electrons. The van der Waals surface area contributed by atoms with Crippen LogP contribution in [0.25, 0.3) is 0 Å². The van der Waals surface area contributed by atoms with Crippen LogP contribution in [0.2, 0.25) is 0 Å². The first-order valence-corrected chi connectivity index (χ1v) is 8.70. The van der Waals surface area contributed by atoms with Crippen molar-refractivity contribution in [1.29, 1.82) is 0 Å². The standard InChI is InChI=1S/C15H22BrN3S/c1-5-19-12(14(16)11(4)18-19)9-17-15(10(2)3)13-7-6-8-20-13/h6-8,10,15,17H,5,9H2,1-4H3. The van der Waals surface area contributed by atoms with E-state index in [4.69, 9.17) is 0 Å². The van der Waals surface area contributed by atoms with E-state index in [1.807, 2.05) is 18.3 Å². The number of nitrogens with one attached hydrogen (secondary N) is 1. The number of nitrogens with zero attached hydrogens (tertiary/aromatic N) is 2. The van der Waals surface area contributed by atoms with Crippen molar-refractivity contribution in [1.82, 2.24) is 15.1 Å². The fraction of sp³-hybridized carbons (Fsp3) is 0.533. The van der Waals surface area contributed by atoms with E-state index in [2.05, 4.69) is 69.3 Å². The molecule has 1 atom stereocenters. The van der Waals surface area contributed by atoms with Gasteiger partial charge in [0, 0.05) is 24.0 Å². The lowest BCUT2D eigenvalue weighted by atomic mass is 10.0. The lowest BCUT2D eigenvalue weighted by Crippen LogP contribution is -2.26. The monoisotopic (exact) mass is 355 g/mol. The molecule has 0 aliphatic carbocycles. The SMILES string of the molecule is CCn1nc(C)c(Br)c1CNC(c1cccs1)C(C)C. The second-order valence-corrected chi connectivity index (χ2v) is 7.05. The summed E-state index contributed by atoms with van der Waals surface area (Å²) in [5.74, 6) is 0.562. The number of hydrogen-bond donors (Lipinski definition) is 1. The van der Waals surface area contributed by atoms with Crippen molar-refractivity contribution < 1.29 is 0 Å². The maximum Gasteiger partial charge on any atom is 0.0739 e. The minimum atomic E-state index is 0.391. The van der Waals surface area contributed by atoms with Crippen LogP contribution >= 0.6 is 27.3 Å².